The van der Waals surface area contributed by atoms with E-state index in [2.05, 4.69) is 28.6 Å². The maximum Gasteiger partial charge on any atom is 0.327 e. The molecule has 0 saturated carbocycles. The molecule has 3 amide bonds. The molecule has 10 nitrogen and oxygen atoms in total. The Balaban J connectivity index is 3.10. The van der Waals surface area contributed by atoms with E-state index < -0.39 is 47.9 Å². The van der Waals surface area contributed by atoms with Crippen LogP contribution in [0, 0.1) is 11.8 Å². The third-order valence-corrected chi connectivity index (χ3v) is 5.98. The highest BCUT2D eigenvalue weighted by atomic mass is 32.1. The number of amides is 3. The van der Waals surface area contributed by atoms with Gasteiger partial charge in [-0.2, -0.15) is 12.6 Å². The number of aliphatic carboxylic acids is 1. The van der Waals surface area contributed by atoms with Crippen LogP contribution in [0.2, 0.25) is 0 Å². The zero-order valence-corrected chi connectivity index (χ0v) is 20.8. The normalized spacial score (nSPS) is 15.5. The Labute approximate surface area is 205 Å². The molecule has 0 fully saturated rings. The number of benzene rings is 1. The SMILES string of the molecule is CCC(C)C(N)C(=O)NC(Cc1ccc(O)cc1)C(=O)NC(C(=O)NC(CS)C(=O)O)C(C)C. The summed E-state index contributed by atoms with van der Waals surface area (Å²) in [6, 6.07) is 2.03. The van der Waals surface area contributed by atoms with Crippen molar-refractivity contribution in [1.29, 1.82) is 0 Å². The Morgan fingerprint density at radius 1 is 0.941 bits per heavy atom. The van der Waals surface area contributed by atoms with Gasteiger partial charge in [0.1, 0.15) is 23.9 Å². The van der Waals surface area contributed by atoms with E-state index in [9.17, 15) is 29.4 Å². The van der Waals surface area contributed by atoms with E-state index >= 15 is 0 Å². The molecule has 0 aliphatic heterocycles. The van der Waals surface area contributed by atoms with E-state index in [-0.39, 0.29) is 29.8 Å². The van der Waals surface area contributed by atoms with E-state index in [4.69, 9.17) is 5.73 Å². The van der Waals surface area contributed by atoms with Gasteiger partial charge in [-0.3, -0.25) is 14.4 Å². The number of carboxylic acid groups (broad SMARTS) is 1. The lowest BCUT2D eigenvalue weighted by Gasteiger charge is -2.27. The summed E-state index contributed by atoms with van der Waals surface area (Å²) < 4.78 is 0. The summed E-state index contributed by atoms with van der Waals surface area (Å²) in [5, 5.41) is 26.4. The standard InChI is InChI=1S/C23H36N4O6S/c1-5-13(4)18(24)21(30)25-16(10-14-6-8-15(28)9-7-14)20(29)27-19(12(2)3)22(31)26-17(11-34)23(32)33/h6-9,12-13,16-19,28,34H,5,10-11,24H2,1-4H3,(H,25,30)(H,26,31)(H,27,29)(H,32,33). The number of carboxylic acids is 1. The topological polar surface area (TPSA) is 171 Å². The lowest BCUT2D eigenvalue weighted by atomic mass is 9.97. The van der Waals surface area contributed by atoms with Crippen LogP contribution in [0.4, 0.5) is 0 Å². The van der Waals surface area contributed by atoms with E-state index in [0.29, 0.717) is 12.0 Å². The van der Waals surface area contributed by atoms with Gasteiger partial charge in [0, 0.05) is 12.2 Å². The van der Waals surface area contributed by atoms with Crippen LogP contribution < -0.4 is 21.7 Å². The van der Waals surface area contributed by atoms with Crippen molar-refractivity contribution >= 4 is 36.3 Å². The van der Waals surface area contributed by atoms with Gasteiger partial charge in [0.05, 0.1) is 6.04 Å². The van der Waals surface area contributed by atoms with Gasteiger partial charge in [-0.1, -0.05) is 46.2 Å². The first-order valence-corrected chi connectivity index (χ1v) is 11.8. The van der Waals surface area contributed by atoms with Gasteiger partial charge in [0.25, 0.3) is 0 Å². The molecule has 0 saturated heterocycles. The number of thiol groups is 1. The smallest absolute Gasteiger partial charge is 0.327 e. The van der Waals surface area contributed by atoms with E-state index in [1.54, 1.807) is 26.0 Å². The predicted octanol–water partition coefficient (Wildman–Crippen LogP) is 0.433. The maximum atomic E-state index is 13.2. The van der Waals surface area contributed by atoms with Gasteiger partial charge in [0.2, 0.25) is 17.7 Å². The number of carbonyl (C=O) groups is 4. The minimum Gasteiger partial charge on any atom is -0.508 e. The molecule has 0 aliphatic rings. The first kappa shape index (κ1) is 29.2. The predicted molar refractivity (Wildman–Crippen MR) is 131 cm³/mol. The number of nitrogens with one attached hydrogen (secondary N) is 3. The summed E-state index contributed by atoms with van der Waals surface area (Å²) in [6.07, 6.45) is 0.765. The zero-order chi connectivity index (χ0) is 26.0. The maximum absolute atomic E-state index is 13.2. The van der Waals surface area contributed by atoms with Crippen LogP contribution in [0.1, 0.15) is 39.7 Å². The van der Waals surface area contributed by atoms with Gasteiger partial charge in [-0.05, 0) is 29.5 Å². The molecule has 1 aromatic rings. The van der Waals surface area contributed by atoms with Crippen LogP contribution in [0.25, 0.3) is 0 Å². The molecule has 0 radical (unpaired) electrons. The number of phenols is 1. The fraction of sp³-hybridized carbons (Fsp3) is 0.565. The second kappa shape index (κ2) is 13.8. The van der Waals surface area contributed by atoms with Crippen molar-refractivity contribution in [2.24, 2.45) is 17.6 Å². The average Bonchev–Trinajstić information content (AvgIpc) is 2.79. The molecule has 1 aromatic carbocycles. The second-order valence-corrected chi connectivity index (χ2v) is 9.02. The summed E-state index contributed by atoms with van der Waals surface area (Å²) in [5.74, 6) is -3.58. The van der Waals surface area contributed by atoms with Crippen LogP contribution in [0.5, 0.6) is 5.75 Å². The largest absolute Gasteiger partial charge is 0.508 e. The van der Waals surface area contributed by atoms with Crippen molar-refractivity contribution in [2.75, 3.05) is 5.75 Å². The van der Waals surface area contributed by atoms with Gasteiger partial charge in [-0.15, -0.1) is 0 Å². The molecular weight excluding hydrogens is 460 g/mol. The van der Waals surface area contributed by atoms with Gasteiger partial charge < -0.3 is 31.9 Å². The highest BCUT2D eigenvalue weighted by molar-refractivity contribution is 7.80. The van der Waals surface area contributed by atoms with Crippen molar-refractivity contribution in [2.45, 2.75) is 64.7 Å². The Hall–Kier alpha value is -2.79. The summed E-state index contributed by atoms with van der Waals surface area (Å²) in [5.41, 5.74) is 6.69. The number of rotatable bonds is 13. The summed E-state index contributed by atoms with van der Waals surface area (Å²) in [4.78, 5) is 49.9. The van der Waals surface area contributed by atoms with Crippen molar-refractivity contribution in [3.63, 3.8) is 0 Å². The molecule has 0 aliphatic carbocycles. The summed E-state index contributed by atoms with van der Waals surface area (Å²) in [6.45, 7) is 7.14. The molecule has 0 aromatic heterocycles. The van der Waals surface area contributed by atoms with Gasteiger partial charge in [-0.25, -0.2) is 4.79 Å². The quantitative estimate of drug-likeness (QED) is 0.194. The third-order valence-electron chi connectivity index (χ3n) is 5.61. The third kappa shape index (κ3) is 8.86. The van der Waals surface area contributed by atoms with Gasteiger partial charge in [0.15, 0.2) is 0 Å². The molecule has 5 atom stereocenters. The van der Waals surface area contributed by atoms with Crippen LogP contribution in [-0.4, -0.2) is 63.8 Å². The number of nitrogens with two attached hydrogens (primary N) is 1. The first-order chi connectivity index (χ1) is 15.9. The minimum absolute atomic E-state index is 0.0568. The molecule has 0 heterocycles. The number of aromatic hydroxyl groups is 1. The van der Waals surface area contributed by atoms with Crippen LogP contribution >= 0.6 is 12.6 Å². The molecule has 5 unspecified atom stereocenters. The van der Waals surface area contributed by atoms with Gasteiger partial charge >= 0.3 is 5.97 Å². The van der Waals surface area contributed by atoms with Crippen molar-refractivity contribution in [3.8, 4) is 5.75 Å². The number of hydrogen-bond donors (Lipinski definition) is 7. The Bertz CT molecular complexity index is 848. The summed E-state index contributed by atoms with van der Waals surface area (Å²) in [7, 11) is 0. The van der Waals surface area contributed by atoms with E-state index in [0.717, 1.165) is 0 Å². The molecule has 190 valence electrons. The highest BCUT2D eigenvalue weighted by Gasteiger charge is 2.32. The molecule has 34 heavy (non-hydrogen) atoms. The first-order valence-electron chi connectivity index (χ1n) is 11.2. The fourth-order valence-electron chi connectivity index (χ4n) is 3.09. The second-order valence-electron chi connectivity index (χ2n) is 8.66. The van der Waals surface area contributed by atoms with E-state index in [1.165, 1.54) is 12.1 Å². The molecule has 7 N–H and O–H groups in total. The Morgan fingerprint density at radius 3 is 1.97 bits per heavy atom. The zero-order valence-electron chi connectivity index (χ0n) is 19.9. The van der Waals surface area contributed by atoms with Crippen molar-refractivity contribution < 1.29 is 29.4 Å². The fourth-order valence-corrected chi connectivity index (χ4v) is 3.34. The molecule has 0 bridgehead atoms. The van der Waals surface area contributed by atoms with E-state index in [1.807, 2.05) is 13.8 Å². The Morgan fingerprint density at radius 2 is 1.50 bits per heavy atom. The van der Waals surface area contributed by atoms with Crippen molar-refractivity contribution in [3.05, 3.63) is 29.8 Å². The molecule has 11 heteroatoms. The van der Waals surface area contributed by atoms with Crippen molar-refractivity contribution in [1.82, 2.24) is 16.0 Å². The van der Waals surface area contributed by atoms with Crippen LogP contribution in [0.3, 0.4) is 0 Å². The monoisotopic (exact) mass is 496 g/mol. The highest BCUT2D eigenvalue weighted by Crippen LogP contribution is 2.13. The molecule has 0 spiro atoms. The molecular formula is C23H36N4O6S. The average molecular weight is 497 g/mol. The number of carbonyl (C=O) groups excluding carboxylic acids is 3. The number of phenolic OH excluding ortho intramolecular Hbond substituents is 1. The van der Waals surface area contributed by atoms with Crippen LogP contribution in [-0.2, 0) is 25.6 Å². The van der Waals surface area contributed by atoms with Crippen LogP contribution in [0.15, 0.2) is 24.3 Å². The minimum atomic E-state index is -1.24. The summed E-state index contributed by atoms with van der Waals surface area (Å²) >= 11 is 3.94. The molecule has 1 rings (SSSR count). The Kier molecular flexibility index (Phi) is 11.9. The lowest BCUT2D eigenvalue weighted by Crippen LogP contribution is -2.59. The lowest BCUT2D eigenvalue weighted by molar-refractivity contribution is -0.142. The number of hydrogen-bond acceptors (Lipinski definition) is 7.